The van der Waals surface area contributed by atoms with E-state index in [1.807, 2.05) is 12.3 Å². The Labute approximate surface area is 124 Å². The van der Waals surface area contributed by atoms with Gasteiger partial charge in [0.25, 0.3) is 0 Å². The van der Waals surface area contributed by atoms with Crippen molar-refractivity contribution in [1.29, 1.82) is 5.26 Å². The third-order valence-electron chi connectivity index (χ3n) is 3.86. The Morgan fingerprint density at radius 2 is 2.11 bits per heavy atom. The van der Waals surface area contributed by atoms with Gasteiger partial charge < -0.3 is 0 Å². The van der Waals surface area contributed by atoms with Crippen LogP contribution >= 0.6 is 23.4 Å². The average molecular weight is 295 g/mol. The molecule has 0 saturated carbocycles. The molecule has 0 atom stereocenters. The van der Waals surface area contributed by atoms with Crippen molar-refractivity contribution in [2.24, 2.45) is 0 Å². The summed E-state index contributed by atoms with van der Waals surface area (Å²) in [6, 6.07) is 8.71. The van der Waals surface area contributed by atoms with Gasteiger partial charge in [0.15, 0.2) is 0 Å². The highest BCUT2D eigenvalue weighted by molar-refractivity contribution is 8.00. The maximum atomic E-state index is 9.28. The average Bonchev–Trinajstić information content (AvgIpc) is 2.43. The monoisotopic (exact) mass is 294 g/mol. The molecule has 4 heteroatoms. The van der Waals surface area contributed by atoms with Crippen LogP contribution < -0.4 is 0 Å². The summed E-state index contributed by atoms with van der Waals surface area (Å²) in [5, 5.41) is 10.1. The van der Waals surface area contributed by atoms with Crippen LogP contribution in [0.5, 0.6) is 0 Å². The summed E-state index contributed by atoms with van der Waals surface area (Å²) in [6.45, 7) is 4.88. The van der Waals surface area contributed by atoms with E-state index in [4.69, 9.17) is 11.6 Å². The van der Waals surface area contributed by atoms with Crippen molar-refractivity contribution >= 4 is 23.4 Å². The molecule has 0 bridgehead atoms. The largest absolute Gasteiger partial charge is 0.299 e. The lowest BCUT2D eigenvalue weighted by molar-refractivity contribution is 0.209. The number of likely N-dealkylation sites (tertiary alicyclic amines) is 1. The molecule has 1 saturated heterocycles. The fraction of sp³-hybridized carbons (Fsp3) is 0.533. The van der Waals surface area contributed by atoms with Crippen LogP contribution in [-0.2, 0) is 6.54 Å². The van der Waals surface area contributed by atoms with Gasteiger partial charge in [0.05, 0.1) is 6.07 Å². The van der Waals surface area contributed by atoms with E-state index in [0.717, 1.165) is 37.5 Å². The standard InChI is InChI=1S/C15H19ClN2S/c1-12-3-4-13(14(16)9-12)10-18-7-5-15(11-17,19-2)6-8-18/h3-4,9H,5-8,10H2,1-2H3. The minimum Gasteiger partial charge on any atom is -0.299 e. The molecule has 0 spiro atoms. The molecule has 0 aliphatic carbocycles. The van der Waals surface area contributed by atoms with E-state index in [1.54, 1.807) is 11.8 Å². The number of hydrogen-bond donors (Lipinski definition) is 0. The number of nitriles is 1. The lowest BCUT2D eigenvalue weighted by Crippen LogP contribution is -2.41. The van der Waals surface area contributed by atoms with Crippen LogP contribution in [0.3, 0.4) is 0 Å². The van der Waals surface area contributed by atoms with Crippen molar-refractivity contribution in [3.63, 3.8) is 0 Å². The second-order valence-electron chi connectivity index (χ2n) is 5.18. The molecule has 0 radical (unpaired) electrons. The maximum absolute atomic E-state index is 9.28. The zero-order valence-corrected chi connectivity index (χ0v) is 13.0. The van der Waals surface area contributed by atoms with E-state index in [-0.39, 0.29) is 4.75 Å². The molecular formula is C15H19ClN2S. The second kappa shape index (κ2) is 6.17. The number of nitrogens with zero attached hydrogens (tertiary/aromatic N) is 2. The van der Waals surface area contributed by atoms with Crippen LogP contribution in [0.1, 0.15) is 24.0 Å². The fourth-order valence-corrected chi connectivity index (χ4v) is 3.43. The molecule has 0 aromatic heterocycles. The van der Waals surface area contributed by atoms with E-state index in [9.17, 15) is 5.26 Å². The first-order valence-corrected chi connectivity index (χ1v) is 8.13. The van der Waals surface area contributed by atoms with Crippen LogP contribution in [0, 0.1) is 18.3 Å². The minimum absolute atomic E-state index is 0.173. The Hall–Kier alpha value is -0.690. The number of hydrogen-bond acceptors (Lipinski definition) is 3. The lowest BCUT2D eigenvalue weighted by Gasteiger charge is -2.36. The van der Waals surface area contributed by atoms with Crippen molar-refractivity contribution < 1.29 is 0 Å². The van der Waals surface area contributed by atoms with E-state index < -0.39 is 0 Å². The molecule has 1 fully saturated rings. The van der Waals surface area contributed by atoms with Gasteiger partial charge in [0, 0.05) is 24.7 Å². The highest BCUT2D eigenvalue weighted by atomic mass is 35.5. The van der Waals surface area contributed by atoms with Gasteiger partial charge in [0.2, 0.25) is 0 Å². The predicted octanol–water partition coefficient (Wildman–Crippen LogP) is 3.87. The molecule has 0 amide bonds. The Balaban J connectivity index is 1.98. The van der Waals surface area contributed by atoms with Gasteiger partial charge in [-0.05, 0) is 43.2 Å². The quantitative estimate of drug-likeness (QED) is 0.847. The van der Waals surface area contributed by atoms with Crippen molar-refractivity contribution in [2.45, 2.75) is 31.1 Å². The van der Waals surface area contributed by atoms with Crippen LogP contribution in [0.4, 0.5) is 0 Å². The summed E-state index contributed by atoms with van der Waals surface area (Å²) in [4.78, 5) is 2.39. The van der Waals surface area contributed by atoms with Crippen LogP contribution in [0.25, 0.3) is 0 Å². The van der Waals surface area contributed by atoms with E-state index >= 15 is 0 Å². The van der Waals surface area contributed by atoms with Crippen molar-refractivity contribution in [1.82, 2.24) is 4.90 Å². The fourth-order valence-electron chi connectivity index (χ4n) is 2.46. The lowest BCUT2D eigenvalue weighted by atomic mass is 9.97. The summed E-state index contributed by atoms with van der Waals surface area (Å²) in [7, 11) is 0. The van der Waals surface area contributed by atoms with E-state index in [2.05, 4.69) is 30.0 Å². The molecule has 2 nitrogen and oxygen atoms in total. The summed E-state index contributed by atoms with van der Waals surface area (Å²) in [6.07, 6.45) is 3.91. The number of aryl methyl sites for hydroxylation is 1. The Morgan fingerprint density at radius 3 is 2.63 bits per heavy atom. The molecule has 0 unspecified atom stereocenters. The highest BCUT2D eigenvalue weighted by Crippen LogP contribution is 2.34. The number of benzene rings is 1. The number of halogens is 1. The molecule has 2 rings (SSSR count). The van der Waals surface area contributed by atoms with Crippen molar-refractivity contribution in [3.8, 4) is 6.07 Å². The maximum Gasteiger partial charge on any atom is 0.104 e. The molecule has 102 valence electrons. The van der Waals surface area contributed by atoms with Gasteiger partial charge in [-0.2, -0.15) is 5.26 Å². The first kappa shape index (κ1) is 14.7. The Morgan fingerprint density at radius 1 is 1.42 bits per heavy atom. The zero-order chi connectivity index (χ0) is 13.9. The third-order valence-corrected chi connectivity index (χ3v) is 5.49. The van der Waals surface area contributed by atoms with Gasteiger partial charge in [-0.25, -0.2) is 0 Å². The molecular weight excluding hydrogens is 276 g/mol. The van der Waals surface area contributed by atoms with Crippen LogP contribution in [-0.4, -0.2) is 29.0 Å². The summed E-state index contributed by atoms with van der Waals surface area (Å²) >= 11 is 7.97. The summed E-state index contributed by atoms with van der Waals surface area (Å²) in [5.74, 6) is 0. The topological polar surface area (TPSA) is 27.0 Å². The molecule has 1 aromatic rings. The van der Waals surface area contributed by atoms with Gasteiger partial charge in [-0.15, -0.1) is 11.8 Å². The highest BCUT2D eigenvalue weighted by Gasteiger charge is 2.33. The summed E-state index contributed by atoms with van der Waals surface area (Å²) in [5.41, 5.74) is 2.37. The Bertz CT molecular complexity index is 487. The number of rotatable bonds is 3. The van der Waals surface area contributed by atoms with Crippen LogP contribution in [0.15, 0.2) is 18.2 Å². The molecule has 19 heavy (non-hydrogen) atoms. The number of piperidine rings is 1. The van der Waals surface area contributed by atoms with Gasteiger partial charge in [-0.1, -0.05) is 23.7 Å². The SMILES string of the molecule is CSC1(C#N)CCN(Cc2ccc(C)cc2Cl)CC1. The smallest absolute Gasteiger partial charge is 0.104 e. The second-order valence-corrected chi connectivity index (χ2v) is 6.78. The van der Waals surface area contributed by atoms with Gasteiger partial charge >= 0.3 is 0 Å². The molecule has 1 aliphatic rings. The summed E-state index contributed by atoms with van der Waals surface area (Å²) < 4.78 is -0.173. The molecule has 0 N–H and O–H groups in total. The molecule has 1 aliphatic heterocycles. The minimum atomic E-state index is -0.173. The van der Waals surface area contributed by atoms with E-state index in [0.29, 0.717) is 0 Å². The Kier molecular flexibility index (Phi) is 4.78. The normalized spacial score (nSPS) is 19.1. The predicted molar refractivity (Wildman–Crippen MR) is 82.6 cm³/mol. The third kappa shape index (κ3) is 3.45. The van der Waals surface area contributed by atoms with Crippen LogP contribution in [0.2, 0.25) is 5.02 Å². The molecule has 1 heterocycles. The first-order valence-electron chi connectivity index (χ1n) is 6.52. The van der Waals surface area contributed by atoms with Gasteiger partial charge in [-0.3, -0.25) is 4.90 Å². The first-order chi connectivity index (χ1) is 9.08. The van der Waals surface area contributed by atoms with E-state index in [1.165, 1.54) is 11.1 Å². The molecule has 1 aromatic carbocycles. The zero-order valence-electron chi connectivity index (χ0n) is 11.4. The van der Waals surface area contributed by atoms with Crippen molar-refractivity contribution in [3.05, 3.63) is 34.3 Å². The number of thioether (sulfide) groups is 1. The van der Waals surface area contributed by atoms with Crippen molar-refractivity contribution in [2.75, 3.05) is 19.3 Å². The van der Waals surface area contributed by atoms with Gasteiger partial charge in [0.1, 0.15) is 4.75 Å².